The second kappa shape index (κ2) is 9.81. The van der Waals surface area contributed by atoms with Crippen molar-refractivity contribution >= 4 is 23.4 Å². The molecule has 2 aromatic rings. The zero-order valence-electron chi connectivity index (χ0n) is 16.0. The van der Waals surface area contributed by atoms with Crippen molar-refractivity contribution in [3.05, 3.63) is 59.2 Å². The molecule has 1 heterocycles. The summed E-state index contributed by atoms with van der Waals surface area (Å²) >= 11 is 1.97. The topological polar surface area (TPSA) is 47.6 Å². The van der Waals surface area contributed by atoms with E-state index in [1.165, 1.54) is 5.56 Å². The van der Waals surface area contributed by atoms with Gasteiger partial charge in [-0.1, -0.05) is 30.3 Å². The van der Waals surface area contributed by atoms with Gasteiger partial charge in [-0.15, -0.1) is 0 Å². The predicted octanol–water partition coefficient (Wildman–Crippen LogP) is 4.73. The summed E-state index contributed by atoms with van der Waals surface area (Å²) in [6.07, 6.45) is 2.24. The van der Waals surface area contributed by atoms with Crippen LogP contribution in [0.15, 0.2) is 42.5 Å². The van der Waals surface area contributed by atoms with Crippen molar-refractivity contribution in [1.82, 2.24) is 0 Å². The molecule has 2 aromatic carbocycles. The number of anilines is 1. The summed E-state index contributed by atoms with van der Waals surface area (Å²) in [4.78, 5) is 12.3. The van der Waals surface area contributed by atoms with Crippen LogP contribution >= 0.6 is 11.8 Å². The van der Waals surface area contributed by atoms with Crippen molar-refractivity contribution in [2.24, 2.45) is 0 Å². The molecule has 144 valence electrons. The standard InChI is InChI=1S/C22H27NO3S/c1-16-5-3-6-17(2)22(16)26-14-21(24)23-19-8-4-7-18(13-19)15-27-20-9-11-25-12-10-20/h3-8,13,20H,9-12,14-15H2,1-2H3,(H,23,24). The van der Waals surface area contributed by atoms with Crippen molar-refractivity contribution in [3.8, 4) is 5.75 Å². The normalized spacial score (nSPS) is 14.7. The van der Waals surface area contributed by atoms with Crippen molar-refractivity contribution in [2.75, 3.05) is 25.1 Å². The van der Waals surface area contributed by atoms with Crippen LogP contribution in [-0.2, 0) is 15.3 Å². The van der Waals surface area contributed by atoms with Gasteiger partial charge in [-0.3, -0.25) is 4.79 Å². The summed E-state index contributed by atoms with van der Waals surface area (Å²) in [5.41, 5.74) is 4.11. The lowest BCUT2D eigenvalue weighted by Crippen LogP contribution is -2.20. The molecule has 0 bridgehead atoms. The number of rotatable bonds is 7. The van der Waals surface area contributed by atoms with Gasteiger partial charge in [0.15, 0.2) is 6.61 Å². The van der Waals surface area contributed by atoms with Crippen LogP contribution in [-0.4, -0.2) is 31.0 Å². The molecule has 0 atom stereocenters. The van der Waals surface area contributed by atoms with E-state index in [4.69, 9.17) is 9.47 Å². The minimum absolute atomic E-state index is 0.00669. The number of thioether (sulfide) groups is 1. The maximum absolute atomic E-state index is 12.3. The number of para-hydroxylation sites is 1. The largest absolute Gasteiger partial charge is 0.483 e. The Morgan fingerprint density at radius 2 is 1.85 bits per heavy atom. The van der Waals surface area contributed by atoms with Crippen molar-refractivity contribution in [2.45, 2.75) is 37.7 Å². The van der Waals surface area contributed by atoms with Crippen LogP contribution in [0.3, 0.4) is 0 Å². The Labute approximate surface area is 165 Å². The highest BCUT2D eigenvalue weighted by Crippen LogP contribution is 2.26. The Hall–Kier alpha value is -1.98. The molecule has 0 aromatic heterocycles. The number of aryl methyl sites for hydroxylation is 2. The fraction of sp³-hybridized carbons (Fsp3) is 0.409. The summed E-state index contributed by atoms with van der Waals surface area (Å²) in [7, 11) is 0. The summed E-state index contributed by atoms with van der Waals surface area (Å²) in [6.45, 7) is 5.72. The molecule has 0 unspecified atom stereocenters. The second-order valence-electron chi connectivity index (χ2n) is 6.88. The minimum Gasteiger partial charge on any atom is -0.483 e. The zero-order chi connectivity index (χ0) is 19.1. The van der Waals surface area contributed by atoms with Gasteiger partial charge in [0.25, 0.3) is 5.91 Å². The highest BCUT2D eigenvalue weighted by Gasteiger charge is 2.14. The average Bonchev–Trinajstić information content (AvgIpc) is 2.67. The highest BCUT2D eigenvalue weighted by atomic mass is 32.2. The molecule has 1 N–H and O–H groups in total. The third-order valence-corrected chi connectivity index (χ3v) is 6.06. The van der Waals surface area contributed by atoms with Gasteiger partial charge >= 0.3 is 0 Å². The minimum atomic E-state index is -0.146. The van der Waals surface area contributed by atoms with E-state index in [1.807, 2.05) is 62.0 Å². The molecule has 5 heteroatoms. The van der Waals surface area contributed by atoms with Gasteiger partial charge < -0.3 is 14.8 Å². The molecule has 1 fully saturated rings. The number of ether oxygens (including phenoxy) is 2. The average molecular weight is 386 g/mol. The molecule has 1 aliphatic rings. The van der Waals surface area contributed by atoms with Crippen LogP contribution in [0.2, 0.25) is 0 Å². The Balaban J connectivity index is 1.50. The van der Waals surface area contributed by atoms with E-state index < -0.39 is 0 Å². The fourth-order valence-corrected chi connectivity index (χ4v) is 4.29. The van der Waals surface area contributed by atoms with E-state index in [0.29, 0.717) is 5.25 Å². The molecule has 1 saturated heterocycles. The summed E-state index contributed by atoms with van der Waals surface area (Å²) in [6, 6.07) is 14.0. The van der Waals surface area contributed by atoms with Gasteiger partial charge in [0, 0.05) is 29.9 Å². The third kappa shape index (κ3) is 6.01. The zero-order valence-corrected chi connectivity index (χ0v) is 16.8. The highest BCUT2D eigenvalue weighted by molar-refractivity contribution is 7.99. The molecule has 1 amide bonds. The van der Waals surface area contributed by atoms with Crippen LogP contribution in [0.5, 0.6) is 5.75 Å². The van der Waals surface area contributed by atoms with Gasteiger partial charge in [0.2, 0.25) is 0 Å². The first-order valence-electron chi connectivity index (χ1n) is 9.39. The number of benzene rings is 2. The lowest BCUT2D eigenvalue weighted by Gasteiger charge is -2.21. The van der Waals surface area contributed by atoms with Gasteiger partial charge in [0.1, 0.15) is 5.75 Å². The fourth-order valence-electron chi connectivity index (χ4n) is 3.16. The van der Waals surface area contributed by atoms with Gasteiger partial charge in [-0.25, -0.2) is 0 Å². The molecule has 1 aliphatic heterocycles. The monoisotopic (exact) mass is 385 g/mol. The van der Waals surface area contributed by atoms with E-state index in [-0.39, 0.29) is 12.5 Å². The summed E-state index contributed by atoms with van der Waals surface area (Å²) in [5.74, 6) is 1.59. The smallest absolute Gasteiger partial charge is 0.262 e. The molecule has 0 saturated carbocycles. The third-order valence-electron chi connectivity index (χ3n) is 4.62. The van der Waals surface area contributed by atoms with E-state index in [1.54, 1.807) is 0 Å². The van der Waals surface area contributed by atoms with Crippen LogP contribution < -0.4 is 10.1 Å². The molecular weight excluding hydrogens is 358 g/mol. The van der Waals surface area contributed by atoms with E-state index >= 15 is 0 Å². The quantitative estimate of drug-likeness (QED) is 0.748. The van der Waals surface area contributed by atoms with Crippen molar-refractivity contribution in [3.63, 3.8) is 0 Å². The molecule has 4 nitrogen and oxygen atoms in total. The first-order valence-corrected chi connectivity index (χ1v) is 10.4. The maximum atomic E-state index is 12.3. The SMILES string of the molecule is Cc1cccc(C)c1OCC(=O)Nc1cccc(CSC2CCOCC2)c1. The first-order chi connectivity index (χ1) is 13.1. The van der Waals surface area contributed by atoms with Crippen molar-refractivity contribution < 1.29 is 14.3 Å². The number of hydrogen-bond acceptors (Lipinski definition) is 4. The summed E-state index contributed by atoms with van der Waals surface area (Å²) in [5, 5.41) is 3.61. The first kappa shape index (κ1) is 19.8. The van der Waals surface area contributed by atoms with Crippen molar-refractivity contribution in [1.29, 1.82) is 0 Å². The van der Waals surface area contributed by atoms with Gasteiger partial charge in [-0.2, -0.15) is 11.8 Å². The van der Waals surface area contributed by atoms with E-state index in [0.717, 1.165) is 54.4 Å². The number of hydrogen-bond donors (Lipinski definition) is 1. The van der Waals surface area contributed by atoms with Crippen LogP contribution in [0, 0.1) is 13.8 Å². The number of carbonyl (C=O) groups excluding carboxylic acids is 1. The Kier molecular flexibility index (Phi) is 7.18. The van der Waals surface area contributed by atoms with Crippen LogP contribution in [0.1, 0.15) is 29.5 Å². The lowest BCUT2D eigenvalue weighted by atomic mass is 10.1. The molecular formula is C22H27NO3S. The van der Waals surface area contributed by atoms with Crippen LogP contribution in [0.4, 0.5) is 5.69 Å². The van der Waals surface area contributed by atoms with Gasteiger partial charge in [-0.05, 0) is 55.5 Å². The Bertz CT molecular complexity index is 752. The van der Waals surface area contributed by atoms with E-state index in [9.17, 15) is 4.79 Å². The number of carbonyl (C=O) groups is 1. The summed E-state index contributed by atoms with van der Waals surface area (Å²) < 4.78 is 11.1. The maximum Gasteiger partial charge on any atom is 0.262 e. The number of nitrogens with one attached hydrogen (secondary N) is 1. The molecule has 27 heavy (non-hydrogen) atoms. The lowest BCUT2D eigenvalue weighted by molar-refractivity contribution is -0.118. The Morgan fingerprint density at radius 3 is 2.59 bits per heavy atom. The molecule has 3 rings (SSSR count). The second-order valence-corrected chi connectivity index (χ2v) is 8.17. The molecule has 0 aliphatic carbocycles. The predicted molar refractivity (Wildman–Crippen MR) is 112 cm³/mol. The Morgan fingerprint density at radius 1 is 1.15 bits per heavy atom. The van der Waals surface area contributed by atoms with Crippen LogP contribution in [0.25, 0.3) is 0 Å². The molecule has 0 radical (unpaired) electrons. The van der Waals surface area contributed by atoms with Gasteiger partial charge in [0.05, 0.1) is 0 Å². The molecule has 0 spiro atoms. The van der Waals surface area contributed by atoms with E-state index in [2.05, 4.69) is 11.4 Å². The number of amides is 1.